The molecular formula is C23H18F3NO3. The second-order valence-electron chi connectivity index (χ2n) is 6.52. The fourth-order valence-corrected chi connectivity index (χ4v) is 2.91. The monoisotopic (exact) mass is 413 g/mol. The third kappa shape index (κ3) is 5.05. The molecule has 1 N–H and O–H groups in total. The summed E-state index contributed by atoms with van der Waals surface area (Å²) >= 11 is 0. The summed E-state index contributed by atoms with van der Waals surface area (Å²) in [5.74, 6) is -0.761. The second-order valence-corrected chi connectivity index (χ2v) is 6.52. The lowest BCUT2D eigenvalue weighted by Crippen LogP contribution is -2.13. The molecule has 0 fully saturated rings. The first-order valence-corrected chi connectivity index (χ1v) is 9.01. The molecule has 4 nitrogen and oxygen atoms in total. The van der Waals surface area contributed by atoms with Gasteiger partial charge in [-0.25, -0.2) is 0 Å². The Morgan fingerprint density at radius 2 is 1.53 bits per heavy atom. The summed E-state index contributed by atoms with van der Waals surface area (Å²) in [7, 11) is 1.31. The van der Waals surface area contributed by atoms with Gasteiger partial charge in [0.05, 0.1) is 19.1 Å². The topological polar surface area (TPSA) is 55.4 Å². The largest absolute Gasteiger partial charge is 0.469 e. The van der Waals surface area contributed by atoms with Crippen LogP contribution < -0.4 is 5.32 Å². The van der Waals surface area contributed by atoms with Crippen molar-refractivity contribution < 1.29 is 27.5 Å². The number of esters is 1. The highest BCUT2D eigenvalue weighted by Crippen LogP contribution is 2.32. The van der Waals surface area contributed by atoms with Crippen LogP contribution in [0.1, 0.15) is 21.5 Å². The first-order valence-electron chi connectivity index (χ1n) is 9.01. The number of benzene rings is 3. The van der Waals surface area contributed by atoms with E-state index in [0.717, 1.165) is 17.7 Å². The van der Waals surface area contributed by atoms with Gasteiger partial charge in [-0.15, -0.1) is 0 Å². The molecule has 0 spiro atoms. The minimum absolute atomic E-state index is 0.126. The molecule has 3 aromatic rings. The van der Waals surface area contributed by atoms with Gasteiger partial charge in [0, 0.05) is 11.3 Å². The molecule has 0 saturated carbocycles. The summed E-state index contributed by atoms with van der Waals surface area (Å²) in [6, 6.07) is 18.1. The van der Waals surface area contributed by atoms with Crippen LogP contribution in [0, 0.1) is 0 Å². The number of carbonyl (C=O) groups is 2. The summed E-state index contributed by atoms with van der Waals surface area (Å²) in [5, 5.41) is 2.76. The van der Waals surface area contributed by atoms with Crippen LogP contribution in [-0.4, -0.2) is 19.0 Å². The predicted molar refractivity (Wildman–Crippen MR) is 107 cm³/mol. The van der Waals surface area contributed by atoms with Crippen LogP contribution in [0.25, 0.3) is 11.1 Å². The molecule has 30 heavy (non-hydrogen) atoms. The van der Waals surface area contributed by atoms with Gasteiger partial charge in [0.15, 0.2) is 0 Å². The van der Waals surface area contributed by atoms with Crippen LogP contribution in [0.15, 0.2) is 72.8 Å². The molecule has 3 rings (SSSR count). The second kappa shape index (κ2) is 8.82. The summed E-state index contributed by atoms with van der Waals surface area (Å²) in [5.41, 5.74) is 1.87. The minimum atomic E-state index is -4.42. The van der Waals surface area contributed by atoms with Gasteiger partial charge in [-0.2, -0.15) is 13.2 Å². The third-order valence-electron chi connectivity index (χ3n) is 4.48. The standard InChI is InChI=1S/C23H18F3NO3/c1-30-21(28)14-15-6-12-18(13-7-15)27-22(29)20-5-3-2-4-19(20)16-8-10-17(11-9-16)23(24,25)26/h2-13H,14H2,1H3,(H,27,29). The third-order valence-corrected chi connectivity index (χ3v) is 4.48. The lowest BCUT2D eigenvalue weighted by Gasteiger charge is -2.12. The highest BCUT2D eigenvalue weighted by Gasteiger charge is 2.30. The molecule has 0 saturated heterocycles. The zero-order chi connectivity index (χ0) is 21.7. The van der Waals surface area contributed by atoms with Gasteiger partial charge in [0.1, 0.15) is 0 Å². The van der Waals surface area contributed by atoms with Crippen LogP contribution in [0.3, 0.4) is 0 Å². The fourth-order valence-electron chi connectivity index (χ4n) is 2.91. The molecule has 0 bridgehead atoms. The van der Waals surface area contributed by atoms with E-state index in [4.69, 9.17) is 0 Å². The molecule has 0 unspecified atom stereocenters. The zero-order valence-corrected chi connectivity index (χ0v) is 16.0. The Hall–Kier alpha value is -3.61. The molecule has 0 atom stereocenters. The number of amides is 1. The van der Waals surface area contributed by atoms with Crippen LogP contribution >= 0.6 is 0 Å². The Morgan fingerprint density at radius 3 is 2.13 bits per heavy atom. The van der Waals surface area contributed by atoms with Crippen LogP contribution in [0.4, 0.5) is 18.9 Å². The average Bonchev–Trinajstić information content (AvgIpc) is 2.74. The molecule has 0 heterocycles. The van der Waals surface area contributed by atoms with Gasteiger partial charge in [-0.3, -0.25) is 9.59 Å². The maximum atomic E-state index is 12.8. The first kappa shape index (κ1) is 21.1. The van der Waals surface area contributed by atoms with E-state index < -0.39 is 17.6 Å². The number of nitrogens with one attached hydrogen (secondary N) is 1. The summed E-state index contributed by atoms with van der Waals surface area (Å²) in [4.78, 5) is 24.1. The van der Waals surface area contributed by atoms with Crippen molar-refractivity contribution in [2.75, 3.05) is 12.4 Å². The van der Waals surface area contributed by atoms with Crippen LogP contribution in [0.5, 0.6) is 0 Å². The van der Waals surface area contributed by atoms with Crippen molar-refractivity contribution in [2.45, 2.75) is 12.6 Å². The SMILES string of the molecule is COC(=O)Cc1ccc(NC(=O)c2ccccc2-c2ccc(C(F)(F)F)cc2)cc1. The van der Waals surface area contributed by atoms with E-state index in [9.17, 15) is 22.8 Å². The number of methoxy groups -OCH3 is 1. The Balaban J connectivity index is 1.80. The maximum Gasteiger partial charge on any atom is 0.416 e. The summed E-state index contributed by atoms with van der Waals surface area (Å²) < 4.78 is 43.0. The molecule has 7 heteroatoms. The quantitative estimate of drug-likeness (QED) is 0.575. The van der Waals surface area contributed by atoms with Crippen molar-refractivity contribution >= 4 is 17.6 Å². The van der Waals surface area contributed by atoms with Crippen molar-refractivity contribution in [3.05, 3.63) is 89.5 Å². The highest BCUT2D eigenvalue weighted by molar-refractivity contribution is 6.08. The van der Waals surface area contributed by atoms with E-state index in [-0.39, 0.29) is 12.4 Å². The molecule has 0 aliphatic carbocycles. The van der Waals surface area contributed by atoms with Gasteiger partial charge >= 0.3 is 12.1 Å². The number of carbonyl (C=O) groups excluding carboxylic acids is 2. The molecule has 0 aliphatic rings. The molecule has 154 valence electrons. The van der Waals surface area contributed by atoms with E-state index in [0.29, 0.717) is 22.4 Å². The molecule has 3 aromatic carbocycles. The molecule has 0 aromatic heterocycles. The zero-order valence-electron chi connectivity index (χ0n) is 16.0. The normalized spacial score (nSPS) is 11.1. The molecular weight excluding hydrogens is 395 g/mol. The average molecular weight is 413 g/mol. The number of anilines is 1. The van der Waals surface area contributed by atoms with Crippen LogP contribution in [0.2, 0.25) is 0 Å². The van der Waals surface area contributed by atoms with Gasteiger partial charge < -0.3 is 10.1 Å². The molecule has 0 radical (unpaired) electrons. The summed E-state index contributed by atoms with van der Waals surface area (Å²) in [6.45, 7) is 0. The molecule has 1 amide bonds. The van der Waals surface area contributed by atoms with E-state index in [1.54, 1.807) is 48.5 Å². The van der Waals surface area contributed by atoms with Gasteiger partial charge in [0.25, 0.3) is 5.91 Å². The minimum Gasteiger partial charge on any atom is -0.469 e. The van der Waals surface area contributed by atoms with Crippen LogP contribution in [-0.2, 0) is 22.1 Å². The Bertz CT molecular complexity index is 1040. The lowest BCUT2D eigenvalue weighted by molar-refractivity contribution is -0.140. The van der Waals surface area contributed by atoms with E-state index >= 15 is 0 Å². The number of halogens is 3. The number of rotatable bonds is 5. The van der Waals surface area contributed by atoms with Gasteiger partial charge in [-0.1, -0.05) is 42.5 Å². The van der Waals surface area contributed by atoms with Crippen molar-refractivity contribution in [1.29, 1.82) is 0 Å². The van der Waals surface area contributed by atoms with Crippen molar-refractivity contribution in [1.82, 2.24) is 0 Å². The smallest absolute Gasteiger partial charge is 0.416 e. The fraction of sp³-hybridized carbons (Fsp3) is 0.130. The summed E-state index contributed by atoms with van der Waals surface area (Å²) in [6.07, 6.45) is -4.29. The molecule has 0 aliphatic heterocycles. The van der Waals surface area contributed by atoms with Gasteiger partial charge in [-0.05, 0) is 47.0 Å². The Morgan fingerprint density at radius 1 is 0.900 bits per heavy atom. The number of alkyl halides is 3. The lowest BCUT2D eigenvalue weighted by atomic mass is 9.98. The maximum absolute atomic E-state index is 12.8. The Labute approximate surface area is 171 Å². The van der Waals surface area contributed by atoms with E-state index in [1.165, 1.54) is 19.2 Å². The van der Waals surface area contributed by atoms with Crippen molar-refractivity contribution in [2.24, 2.45) is 0 Å². The number of hydrogen-bond acceptors (Lipinski definition) is 3. The number of ether oxygens (including phenoxy) is 1. The van der Waals surface area contributed by atoms with Crippen molar-refractivity contribution in [3.63, 3.8) is 0 Å². The Kier molecular flexibility index (Phi) is 6.20. The van der Waals surface area contributed by atoms with E-state index in [2.05, 4.69) is 10.1 Å². The first-order chi connectivity index (χ1) is 14.3. The van der Waals surface area contributed by atoms with Gasteiger partial charge in [0.2, 0.25) is 0 Å². The number of hydrogen-bond donors (Lipinski definition) is 1. The predicted octanol–water partition coefficient (Wildman–Crippen LogP) is 5.34. The van der Waals surface area contributed by atoms with E-state index in [1.807, 2.05) is 0 Å². The van der Waals surface area contributed by atoms with Crippen molar-refractivity contribution in [3.8, 4) is 11.1 Å². The highest BCUT2D eigenvalue weighted by atomic mass is 19.4.